The van der Waals surface area contributed by atoms with E-state index in [2.05, 4.69) is 6.92 Å². The third-order valence-corrected chi connectivity index (χ3v) is 2.93. The van der Waals surface area contributed by atoms with E-state index >= 15 is 0 Å². The molecule has 1 aromatic rings. The summed E-state index contributed by atoms with van der Waals surface area (Å²) in [6.45, 7) is 8.35. The van der Waals surface area contributed by atoms with Crippen LogP contribution < -0.4 is 0 Å². The number of rotatable bonds is 0. The van der Waals surface area contributed by atoms with Crippen LogP contribution in [-0.4, -0.2) is 5.11 Å². The van der Waals surface area contributed by atoms with Gasteiger partial charge in [-0.15, -0.1) is 0 Å². The van der Waals surface area contributed by atoms with Crippen LogP contribution in [0, 0.1) is 12.8 Å². The van der Waals surface area contributed by atoms with Gasteiger partial charge in [0.05, 0.1) is 0 Å². The van der Waals surface area contributed by atoms with Crippen LogP contribution in [0.4, 0.5) is 0 Å². The Balaban J connectivity index is 0.000000265. The number of phenolic OH excluding ortho intramolecular Hbond substituents is 1. The highest BCUT2D eigenvalue weighted by molar-refractivity contribution is 5.24. The zero-order chi connectivity index (χ0) is 13.1. The zero-order valence-corrected chi connectivity index (χ0v) is 11.9. The molecule has 0 radical (unpaired) electrons. The average Bonchev–Trinajstić information content (AvgIpc) is 2.37. The molecule has 0 atom stereocenters. The second kappa shape index (κ2) is 10.2. The van der Waals surface area contributed by atoms with Gasteiger partial charge in [-0.05, 0) is 25.0 Å². The van der Waals surface area contributed by atoms with Gasteiger partial charge >= 0.3 is 0 Å². The van der Waals surface area contributed by atoms with E-state index in [-0.39, 0.29) is 0 Å². The molecule has 2 rings (SSSR count). The number of aromatic hydroxyl groups is 1. The Morgan fingerprint density at radius 1 is 0.941 bits per heavy atom. The minimum Gasteiger partial charge on any atom is -0.508 e. The predicted octanol–water partition coefficient (Wildman–Crippen LogP) is 5.31. The summed E-state index contributed by atoms with van der Waals surface area (Å²) in [6.07, 6.45) is 7.44. The first-order valence-corrected chi connectivity index (χ1v) is 6.94. The van der Waals surface area contributed by atoms with Gasteiger partial charge in [-0.2, -0.15) is 0 Å². The fourth-order valence-electron chi connectivity index (χ4n) is 1.85. The van der Waals surface area contributed by atoms with Gasteiger partial charge in [-0.25, -0.2) is 0 Å². The Morgan fingerprint density at radius 3 is 1.71 bits per heavy atom. The fraction of sp³-hybridized carbons (Fsp3) is 0.625. The normalized spacial score (nSPS) is 15.1. The third kappa shape index (κ3) is 8.79. The third-order valence-electron chi connectivity index (χ3n) is 2.93. The maximum Gasteiger partial charge on any atom is 0.115 e. The molecule has 98 valence electrons. The molecule has 0 spiro atoms. The molecule has 0 saturated heterocycles. The minimum absolute atomic E-state index is 0.329. The quantitative estimate of drug-likeness (QED) is 0.647. The largest absolute Gasteiger partial charge is 0.508 e. The minimum atomic E-state index is 0.329. The summed E-state index contributed by atoms with van der Waals surface area (Å²) >= 11 is 0. The monoisotopic (exact) mass is 236 g/mol. The van der Waals surface area contributed by atoms with Crippen LogP contribution in [0.25, 0.3) is 0 Å². The van der Waals surface area contributed by atoms with Gasteiger partial charge < -0.3 is 5.11 Å². The lowest BCUT2D eigenvalue weighted by Gasteiger charge is -2.15. The standard InChI is InChI=1S/C7H8O.C7H14.C2H6/c1-6-2-4-7(8)5-3-6;1-7-5-3-2-4-6-7;1-2/h2-5,8H,1H3;7H,2-6H2,1H3;1-2H3. The van der Waals surface area contributed by atoms with Crippen LogP contribution in [0.1, 0.15) is 58.4 Å². The van der Waals surface area contributed by atoms with Gasteiger partial charge in [0.1, 0.15) is 5.75 Å². The second-order valence-corrected chi connectivity index (χ2v) is 4.58. The molecule has 0 aliphatic heterocycles. The summed E-state index contributed by atoms with van der Waals surface area (Å²) in [5, 5.41) is 8.76. The molecule has 0 amide bonds. The molecule has 1 saturated carbocycles. The van der Waals surface area contributed by atoms with Crippen molar-refractivity contribution in [1.29, 1.82) is 0 Å². The van der Waals surface area contributed by atoms with Crippen molar-refractivity contribution in [3.05, 3.63) is 29.8 Å². The van der Waals surface area contributed by atoms with Crippen molar-refractivity contribution < 1.29 is 5.11 Å². The lowest BCUT2D eigenvalue weighted by Crippen LogP contribution is -1.99. The molecule has 1 fully saturated rings. The van der Waals surface area contributed by atoms with Crippen LogP contribution in [0.3, 0.4) is 0 Å². The Bertz CT molecular complexity index is 236. The summed E-state index contributed by atoms with van der Waals surface area (Å²) in [4.78, 5) is 0. The molecule has 0 aromatic heterocycles. The van der Waals surface area contributed by atoms with Gasteiger partial charge in [-0.1, -0.05) is 70.6 Å². The van der Waals surface area contributed by atoms with E-state index in [9.17, 15) is 0 Å². The van der Waals surface area contributed by atoms with Crippen LogP contribution in [0.5, 0.6) is 5.75 Å². The van der Waals surface area contributed by atoms with Gasteiger partial charge in [0.2, 0.25) is 0 Å². The Hall–Kier alpha value is -0.980. The molecule has 17 heavy (non-hydrogen) atoms. The number of hydrogen-bond donors (Lipinski definition) is 1. The number of phenols is 1. The predicted molar refractivity (Wildman–Crippen MR) is 76.4 cm³/mol. The molecule has 0 heterocycles. The highest BCUT2D eigenvalue weighted by Gasteiger charge is 2.05. The highest BCUT2D eigenvalue weighted by atomic mass is 16.3. The lowest BCUT2D eigenvalue weighted by atomic mass is 9.91. The Labute approximate surface area is 107 Å². The Morgan fingerprint density at radius 2 is 1.41 bits per heavy atom. The maximum atomic E-state index is 8.76. The lowest BCUT2D eigenvalue weighted by molar-refractivity contribution is 0.385. The molecule has 0 unspecified atom stereocenters. The highest BCUT2D eigenvalue weighted by Crippen LogP contribution is 2.22. The van der Waals surface area contributed by atoms with E-state index in [0.29, 0.717) is 5.75 Å². The van der Waals surface area contributed by atoms with Crippen LogP contribution in [-0.2, 0) is 0 Å². The van der Waals surface area contributed by atoms with E-state index in [4.69, 9.17) is 5.11 Å². The molecule has 1 nitrogen and oxygen atoms in total. The average molecular weight is 236 g/mol. The molecule has 1 aliphatic carbocycles. The van der Waals surface area contributed by atoms with E-state index in [1.54, 1.807) is 12.1 Å². The van der Waals surface area contributed by atoms with Crippen LogP contribution in [0.15, 0.2) is 24.3 Å². The molecule has 1 aliphatic rings. The fourth-order valence-corrected chi connectivity index (χ4v) is 1.85. The SMILES string of the molecule is CC.CC1CCCCC1.Cc1ccc(O)cc1. The first-order valence-electron chi connectivity index (χ1n) is 6.94. The van der Waals surface area contributed by atoms with E-state index in [1.165, 1.54) is 37.7 Å². The van der Waals surface area contributed by atoms with E-state index < -0.39 is 0 Å². The van der Waals surface area contributed by atoms with Crippen molar-refractivity contribution in [1.82, 2.24) is 0 Å². The van der Waals surface area contributed by atoms with Crippen molar-refractivity contribution in [3.8, 4) is 5.75 Å². The first kappa shape index (κ1) is 16.0. The molecule has 1 N–H and O–H groups in total. The van der Waals surface area contributed by atoms with Gasteiger partial charge in [-0.3, -0.25) is 0 Å². The van der Waals surface area contributed by atoms with Gasteiger partial charge in [0.15, 0.2) is 0 Å². The van der Waals surface area contributed by atoms with Crippen molar-refractivity contribution in [3.63, 3.8) is 0 Å². The molecular formula is C16H28O. The smallest absolute Gasteiger partial charge is 0.115 e. The molecule has 0 bridgehead atoms. The van der Waals surface area contributed by atoms with E-state index in [0.717, 1.165) is 5.92 Å². The molecular weight excluding hydrogens is 208 g/mol. The molecule has 1 aromatic carbocycles. The summed E-state index contributed by atoms with van der Waals surface area (Å²) in [6, 6.07) is 7.09. The summed E-state index contributed by atoms with van der Waals surface area (Å²) in [5.74, 6) is 1.37. The van der Waals surface area contributed by atoms with Crippen molar-refractivity contribution in [2.45, 2.75) is 59.8 Å². The maximum absolute atomic E-state index is 8.76. The number of aryl methyl sites for hydroxylation is 1. The summed E-state index contributed by atoms with van der Waals surface area (Å²) in [5.41, 5.74) is 1.17. The van der Waals surface area contributed by atoms with Crippen LogP contribution in [0.2, 0.25) is 0 Å². The first-order chi connectivity index (χ1) is 8.18. The zero-order valence-electron chi connectivity index (χ0n) is 11.9. The van der Waals surface area contributed by atoms with Crippen molar-refractivity contribution in [2.75, 3.05) is 0 Å². The number of hydrogen-bond acceptors (Lipinski definition) is 1. The van der Waals surface area contributed by atoms with Crippen molar-refractivity contribution >= 4 is 0 Å². The van der Waals surface area contributed by atoms with Gasteiger partial charge in [0.25, 0.3) is 0 Å². The van der Waals surface area contributed by atoms with Crippen LogP contribution >= 0.6 is 0 Å². The van der Waals surface area contributed by atoms with Gasteiger partial charge in [0, 0.05) is 0 Å². The number of benzene rings is 1. The Kier molecular flexibility index (Phi) is 9.60. The summed E-state index contributed by atoms with van der Waals surface area (Å²) in [7, 11) is 0. The second-order valence-electron chi connectivity index (χ2n) is 4.58. The topological polar surface area (TPSA) is 20.2 Å². The van der Waals surface area contributed by atoms with E-state index in [1.807, 2.05) is 32.9 Å². The summed E-state index contributed by atoms with van der Waals surface area (Å²) < 4.78 is 0. The van der Waals surface area contributed by atoms with Crippen molar-refractivity contribution in [2.24, 2.45) is 5.92 Å². The molecule has 1 heteroatoms.